The zero-order valence-corrected chi connectivity index (χ0v) is 11.9. The van der Waals surface area contributed by atoms with Crippen LogP contribution in [0.5, 0.6) is 5.75 Å². The molecule has 18 heavy (non-hydrogen) atoms. The molecule has 0 fully saturated rings. The number of nitrogens with zero attached hydrogens (tertiary/aromatic N) is 1. The first-order valence-electron chi connectivity index (χ1n) is 6.69. The number of aryl methyl sites for hydroxylation is 2. The summed E-state index contributed by atoms with van der Waals surface area (Å²) in [5.41, 5.74) is 3.88. The lowest BCUT2D eigenvalue weighted by Gasteiger charge is -2.29. The molecule has 1 heterocycles. The molecule has 3 heteroatoms. The van der Waals surface area contributed by atoms with E-state index in [1.807, 2.05) is 0 Å². The van der Waals surface area contributed by atoms with Crippen molar-refractivity contribution in [3.05, 3.63) is 23.3 Å². The molecule has 2 rings (SSSR count). The van der Waals surface area contributed by atoms with Crippen molar-refractivity contribution in [2.45, 2.75) is 32.2 Å². The Morgan fingerprint density at radius 3 is 2.83 bits per heavy atom. The molecule has 3 nitrogen and oxygen atoms in total. The second-order valence-electron chi connectivity index (χ2n) is 5.47. The minimum atomic E-state index is 0.566. The number of ether oxygens (including phenoxy) is 1. The van der Waals surface area contributed by atoms with Crippen molar-refractivity contribution < 1.29 is 4.74 Å². The molecular formula is C15H24N2O. The smallest absolute Gasteiger partial charge is 0.142 e. The van der Waals surface area contributed by atoms with Gasteiger partial charge in [0.2, 0.25) is 0 Å². The quantitative estimate of drug-likeness (QED) is 0.886. The number of fused-ring (bicyclic) bond motifs is 1. The van der Waals surface area contributed by atoms with Gasteiger partial charge in [-0.1, -0.05) is 6.07 Å². The van der Waals surface area contributed by atoms with Crippen LogP contribution in [0.4, 0.5) is 5.69 Å². The van der Waals surface area contributed by atoms with Gasteiger partial charge in [0.1, 0.15) is 5.75 Å². The second kappa shape index (κ2) is 5.61. The lowest BCUT2D eigenvalue weighted by Crippen LogP contribution is -2.29. The fourth-order valence-electron chi connectivity index (χ4n) is 2.58. The minimum Gasteiger partial charge on any atom is -0.495 e. The fraction of sp³-hybridized carbons (Fsp3) is 0.600. The summed E-state index contributed by atoms with van der Waals surface area (Å²) in [6, 6.07) is 4.95. The van der Waals surface area contributed by atoms with Crippen molar-refractivity contribution in [3.8, 4) is 5.75 Å². The monoisotopic (exact) mass is 248 g/mol. The summed E-state index contributed by atoms with van der Waals surface area (Å²) in [7, 11) is 6.00. The van der Waals surface area contributed by atoms with Crippen LogP contribution < -0.4 is 10.1 Å². The molecule has 0 amide bonds. The van der Waals surface area contributed by atoms with Gasteiger partial charge in [-0.25, -0.2) is 0 Å². The van der Waals surface area contributed by atoms with Crippen LogP contribution in [0.25, 0.3) is 0 Å². The van der Waals surface area contributed by atoms with Gasteiger partial charge in [0.15, 0.2) is 0 Å². The maximum Gasteiger partial charge on any atom is 0.142 e. The van der Waals surface area contributed by atoms with Crippen molar-refractivity contribution in [3.63, 3.8) is 0 Å². The van der Waals surface area contributed by atoms with Gasteiger partial charge in [-0.15, -0.1) is 0 Å². The maximum absolute atomic E-state index is 5.49. The van der Waals surface area contributed by atoms with Crippen molar-refractivity contribution in [2.75, 3.05) is 33.1 Å². The maximum atomic E-state index is 5.49. The van der Waals surface area contributed by atoms with Gasteiger partial charge >= 0.3 is 0 Å². The highest BCUT2D eigenvalue weighted by atomic mass is 16.5. The molecule has 1 aliphatic heterocycles. The van der Waals surface area contributed by atoms with E-state index in [4.69, 9.17) is 4.74 Å². The number of hydrogen-bond donors (Lipinski definition) is 1. The molecule has 0 saturated heterocycles. The van der Waals surface area contributed by atoms with E-state index in [-0.39, 0.29) is 0 Å². The Labute approximate surface area is 110 Å². The zero-order chi connectivity index (χ0) is 13.1. The zero-order valence-electron chi connectivity index (χ0n) is 11.9. The van der Waals surface area contributed by atoms with Crippen LogP contribution in [0.2, 0.25) is 0 Å². The van der Waals surface area contributed by atoms with Crippen molar-refractivity contribution in [1.29, 1.82) is 0 Å². The van der Waals surface area contributed by atoms with Crippen LogP contribution >= 0.6 is 0 Å². The predicted molar refractivity (Wildman–Crippen MR) is 76.6 cm³/mol. The normalized spacial score (nSPS) is 18.4. The predicted octanol–water partition coefficient (Wildman–Crippen LogP) is 2.68. The number of benzene rings is 1. The third-order valence-electron chi connectivity index (χ3n) is 3.58. The third-order valence-corrected chi connectivity index (χ3v) is 3.58. The van der Waals surface area contributed by atoms with Crippen LogP contribution in [0.1, 0.15) is 24.0 Å². The molecule has 0 bridgehead atoms. The van der Waals surface area contributed by atoms with Gasteiger partial charge in [0.25, 0.3) is 0 Å². The van der Waals surface area contributed by atoms with Crippen LogP contribution in [-0.2, 0) is 6.42 Å². The first-order valence-corrected chi connectivity index (χ1v) is 6.69. The summed E-state index contributed by atoms with van der Waals surface area (Å²) >= 11 is 0. The molecule has 0 spiro atoms. The van der Waals surface area contributed by atoms with E-state index in [0.717, 1.165) is 18.7 Å². The van der Waals surface area contributed by atoms with Gasteiger partial charge in [-0.3, -0.25) is 0 Å². The highest BCUT2D eigenvalue weighted by molar-refractivity contribution is 5.65. The van der Waals surface area contributed by atoms with E-state index < -0.39 is 0 Å². The number of hydrogen-bond acceptors (Lipinski definition) is 3. The highest BCUT2D eigenvalue weighted by Crippen LogP contribution is 2.35. The molecule has 1 N–H and O–H groups in total. The Hall–Kier alpha value is -1.22. The second-order valence-corrected chi connectivity index (χ2v) is 5.47. The summed E-state index contributed by atoms with van der Waals surface area (Å²) in [5, 5.41) is 3.65. The Morgan fingerprint density at radius 2 is 2.17 bits per heavy atom. The SMILES string of the molecule is COc1cc(C)cc2c1NC(CCN(C)C)CC2. The number of rotatable bonds is 4. The first kappa shape index (κ1) is 13.2. The number of nitrogens with one attached hydrogen (secondary N) is 1. The van der Waals surface area contributed by atoms with E-state index in [0.29, 0.717) is 6.04 Å². The molecule has 1 aromatic rings. The molecule has 1 unspecified atom stereocenters. The molecule has 0 radical (unpaired) electrons. The lowest BCUT2D eigenvalue weighted by molar-refractivity contribution is 0.377. The molecule has 0 saturated carbocycles. The van der Waals surface area contributed by atoms with Gasteiger partial charge in [0, 0.05) is 6.04 Å². The average molecular weight is 248 g/mol. The molecule has 0 aromatic heterocycles. The summed E-state index contributed by atoms with van der Waals surface area (Å²) < 4.78 is 5.49. The van der Waals surface area contributed by atoms with E-state index in [1.165, 1.54) is 29.7 Å². The summed E-state index contributed by atoms with van der Waals surface area (Å²) in [4.78, 5) is 2.24. The van der Waals surface area contributed by atoms with Crippen LogP contribution in [0, 0.1) is 6.92 Å². The summed E-state index contributed by atoms with van der Waals surface area (Å²) in [5.74, 6) is 0.986. The molecular weight excluding hydrogens is 224 g/mol. The van der Waals surface area contributed by atoms with E-state index in [2.05, 4.69) is 43.4 Å². The van der Waals surface area contributed by atoms with Crippen molar-refractivity contribution in [2.24, 2.45) is 0 Å². The lowest BCUT2D eigenvalue weighted by atomic mass is 9.94. The van der Waals surface area contributed by atoms with E-state index >= 15 is 0 Å². The van der Waals surface area contributed by atoms with Gasteiger partial charge in [0.05, 0.1) is 12.8 Å². The molecule has 1 aliphatic rings. The number of methoxy groups -OCH3 is 1. The molecule has 1 atom stereocenters. The highest BCUT2D eigenvalue weighted by Gasteiger charge is 2.21. The summed E-state index contributed by atoms with van der Waals surface area (Å²) in [6.45, 7) is 3.25. The first-order chi connectivity index (χ1) is 8.60. The minimum absolute atomic E-state index is 0.566. The van der Waals surface area contributed by atoms with Gasteiger partial charge < -0.3 is 15.0 Å². The van der Waals surface area contributed by atoms with Crippen molar-refractivity contribution in [1.82, 2.24) is 4.90 Å². The average Bonchev–Trinajstić information content (AvgIpc) is 2.35. The van der Waals surface area contributed by atoms with Gasteiger partial charge in [-0.05, 0) is 64.0 Å². The van der Waals surface area contributed by atoms with Crippen molar-refractivity contribution >= 4 is 5.69 Å². The fourth-order valence-corrected chi connectivity index (χ4v) is 2.58. The Morgan fingerprint density at radius 1 is 1.39 bits per heavy atom. The summed E-state index contributed by atoms with van der Waals surface area (Å²) in [6.07, 6.45) is 3.55. The van der Waals surface area contributed by atoms with E-state index in [1.54, 1.807) is 7.11 Å². The van der Waals surface area contributed by atoms with E-state index in [9.17, 15) is 0 Å². The largest absolute Gasteiger partial charge is 0.495 e. The Kier molecular flexibility index (Phi) is 4.12. The van der Waals surface area contributed by atoms with Crippen LogP contribution in [0.15, 0.2) is 12.1 Å². The third kappa shape index (κ3) is 2.96. The molecule has 100 valence electrons. The molecule has 0 aliphatic carbocycles. The van der Waals surface area contributed by atoms with Crippen LogP contribution in [-0.4, -0.2) is 38.7 Å². The topological polar surface area (TPSA) is 24.5 Å². The Balaban J connectivity index is 2.12. The number of anilines is 1. The Bertz CT molecular complexity index is 398. The standard InChI is InChI=1S/C15H24N2O/c1-11-9-12-5-6-13(7-8-17(2)3)16-15(12)14(10-11)18-4/h9-10,13,16H,5-8H2,1-4H3. The van der Waals surface area contributed by atoms with Gasteiger partial charge in [-0.2, -0.15) is 0 Å². The molecule has 1 aromatic carbocycles. The van der Waals surface area contributed by atoms with Crippen LogP contribution in [0.3, 0.4) is 0 Å².